The van der Waals surface area contributed by atoms with Crippen molar-refractivity contribution in [2.75, 3.05) is 6.61 Å². The fourth-order valence-electron chi connectivity index (χ4n) is 3.16. The molecule has 5 heteroatoms. The van der Waals surface area contributed by atoms with Crippen molar-refractivity contribution in [2.24, 2.45) is 0 Å². The van der Waals surface area contributed by atoms with Crippen molar-refractivity contribution in [3.8, 4) is 0 Å². The van der Waals surface area contributed by atoms with Gasteiger partial charge in [0.05, 0.1) is 24.0 Å². The molecule has 2 rings (SSSR count). The Bertz CT molecular complexity index is 612. The van der Waals surface area contributed by atoms with Crippen LogP contribution in [0.4, 0.5) is 0 Å². The van der Waals surface area contributed by atoms with Crippen molar-refractivity contribution in [1.29, 1.82) is 0 Å². The average Bonchev–Trinajstić information content (AvgIpc) is 2.43. The Morgan fingerprint density at radius 1 is 1.27 bits per heavy atom. The predicted octanol–water partition coefficient (Wildman–Crippen LogP) is 3.42. The van der Waals surface area contributed by atoms with E-state index in [4.69, 9.17) is 4.74 Å². The molecule has 4 nitrogen and oxygen atoms in total. The van der Waals surface area contributed by atoms with Crippen molar-refractivity contribution in [2.45, 2.75) is 51.5 Å². The fourth-order valence-corrected chi connectivity index (χ4v) is 3.52. The summed E-state index contributed by atoms with van der Waals surface area (Å²) < 4.78 is 5.99. The summed E-state index contributed by atoms with van der Waals surface area (Å²) in [6, 6.07) is 5.93. The first-order chi connectivity index (χ1) is 10.3. The molecule has 1 aromatic carbocycles. The Hall–Kier alpha value is -1.36. The molecule has 1 aliphatic rings. The van der Waals surface area contributed by atoms with Crippen LogP contribution in [0.15, 0.2) is 22.7 Å². The number of nitrogens with one attached hydrogen (secondary N) is 1. The van der Waals surface area contributed by atoms with Gasteiger partial charge >= 0.3 is 5.97 Å². The van der Waals surface area contributed by atoms with Gasteiger partial charge < -0.3 is 10.1 Å². The van der Waals surface area contributed by atoms with Gasteiger partial charge in [0.25, 0.3) is 0 Å². The van der Waals surface area contributed by atoms with E-state index in [1.54, 1.807) is 6.92 Å². The van der Waals surface area contributed by atoms with Gasteiger partial charge in [-0.05, 0) is 50.5 Å². The summed E-state index contributed by atoms with van der Waals surface area (Å²) in [5, 5.41) is 3.06. The Balaban J connectivity index is 2.60. The molecule has 0 radical (unpaired) electrons. The highest BCUT2D eigenvalue weighted by Gasteiger charge is 2.49. The molecular weight excluding hydrogens is 346 g/mol. The predicted molar refractivity (Wildman–Crippen MR) is 88.5 cm³/mol. The molecule has 1 aliphatic heterocycles. The van der Waals surface area contributed by atoms with Crippen LogP contribution in [0.5, 0.6) is 0 Å². The normalized spacial score (nSPS) is 22.7. The number of hydrogen-bond donors (Lipinski definition) is 1. The van der Waals surface area contributed by atoms with Gasteiger partial charge in [0.1, 0.15) is 0 Å². The van der Waals surface area contributed by atoms with Crippen LogP contribution in [0.3, 0.4) is 0 Å². The van der Waals surface area contributed by atoms with Crippen LogP contribution in [0.25, 0.3) is 0 Å². The minimum Gasteiger partial charge on any atom is -0.466 e. The number of amides is 1. The van der Waals surface area contributed by atoms with E-state index in [0.29, 0.717) is 13.0 Å². The molecule has 0 bridgehead atoms. The van der Waals surface area contributed by atoms with Crippen molar-refractivity contribution in [1.82, 2.24) is 5.32 Å². The smallest absolute Gasteiger partial charge is 0.307 e. The van der Waals surface area contributed by atoms with Crippen LogP contribution in [0, 0.1) is 0 Å². The molecule has 0 aliphatic carbocycles. The first-order valence-corrected chi connectivity index (χ1v) is 8.35. The topological polar surface area (TPSA) is 55.4 Å². The lowest BCUT2D eigenvalue weighted by atomic mass is 9.67. The van der Waals surface area contributed by atoms with Gasteiger partial charge in [0, 0.05) is 4.47 Å². The number of fused-ring (bicyclic) bond motifs is 1. The number of halogens is 1. The highest BCUT2D eigenvalue weighted by molar-refractivity contribution is 9.10. The summed E-state index contributed by atoms with van der Waals surface area (Å²) in [4.78, 5) is 24.9. The Kier molecular flexibility index (Phi) is 4.66. The van der Waals surface area contributed by atoms with Crippen LogP contribution in [0.1, 0.15) is 51.7 Å². The molecule has 1 unspecified atom stereocenters. The molecule has 120 valence electrons. The number of hydrogen-bond acceptors (Lipinski definition) is 3. The van der Waals surface area contributed by atoms with Crippen LogP contribution < -0.4 is 5.32 Å². The molecule has 1 heterocycles. The van der Waals surface area contributed by atoms with E-state index < -0.39 is 11.0 Å². The summed E-state index contributed by atoms with van der Waals surface area (Å²) in [5.41, 5.74) is 0.619. The lowest BCUT2D eigenvalue weighted by Crippen LogP contribution is -2.57. The molecule has 1 aromatic rings. The maximum absolute atomic E-state index is 12.8. The number of ether oxygens (including phenoxy) is 1. The minimum absolute atomic E-state index is 0.0582. The van der Waals surface area contributed by atoms with Crippen LogP contribution in [0.2, 0.25) is 0 Å². The van der Waals surface area contributed by atoms with Gasteiger partial charge in [0.2, 0.25) is 5.91 Å². The van der Waals surface area contributed by atoms with Crippen LogP contribution in [-0.4, -0.2) is 18.5 Å². The lowest BCUT2D eigenvalue weighted by molar-refractivity contribution is -0.148. The highest BCUT2D eigenvalue weighted by atomic mass is 79.9. The molecule has 0 aromatic heterocycles. The summed E-state index contributed by atoms with van der Waals surface area (Å²) in [5.74, 6) is -0.455. The number of esters is 1. The van der Waals surface area contributed by atoms with Crippen molar-refractivity contribution in [3.63, 3.8) is 0 Å². The zero-order valence-electron chi connectivity index (χ0n) is 13.5. The van der Waals surface area contributed by atoms with Crippen LogP contribution in [-0.2, 0) is 25.3 Å². The van der Waals surface area contributed by atoms with Crippen molar-refractivity contribution >= 4 is 27.8 Å². The number of rotatable bonds is 4. The second kappa shape index (κ2) is 6.03. The summed E-state index contributed by atoms with van der Waals surface area (Å²) >= 11 is 3.48. The number of carbonyl (C=O) groups excluding carboxylic acids is 2. The third-order valence-corrected chi connectivity index (χ3v) is 4.88. The van der Waals surface area contributed by atoms with Gasteiger partial charge in [0.15, 0.2) is 0 Å². The van der Waals surface area contributed by atoms with Gasteiger partial charge in [-0.15, -0.1) is 0 Å². The Labute approximate surface area is 139 Å². The Morgan fingerprint density at radius 2 is 1.95 bits per heavy atom. The molecular formula is C17H22BrNO3. The van der Waals surface area contributed by atoms with Crippen molar-refractivity contribution < 1.29 is 14.3 Å². The van der Waals surface area contributed by atoms with E-state index in [2.05, 4.69) is 21.2 Å². The monoisotopic (exact) mass is 367 g/mol. The van der Waals surface area contributed by atoms with Gasteiger partial charge in [-0.3, -0.25) is 9.59 Å². The quantitative estimate of drug-likeness (QED) is 0.829. The largest absolute Gasteiger partial charge is 0.466 e. The molecule has 0 fully saturated rings. The maximum Gasteiger partial charge on any atom is 0.307 e. The molecule has 1 amide bonds. The third kappa shape index (κ3) is 2.78. The molecule has 1 atom stereocenters. The number of benzene rings is 1. The number of carbonyl (C=O) groups is 2. The second-order valence-electron chi connectivity index (χ2n) is 6.19. The van der Waals surface area contributed by atoms with E-state index in [-0.39, 0.29) is 18.3 Å². The van der Waals surface area contributed by atoms with E-state index in [1.807, 2.05) is 39.0 Å². The molecule has 0 saturated carbocycles. The SMILES string of the molecule is CCOC(=O)CC1(CC)C(=O)NC(C)(C)c2ccc(Br)cc21. The first kappa shape index (κ1) is 17.0. The summed E-state index contributed by atoms with van der Waals surface area (Å²) in [6.07, 6.45) is 0.597. The molecule has 22 heavy (non-hydrogen) atoms. The van der Waals surface area contributed by atoms with E-state index in [1.165, 1.54) is 0 Å². The zero-order valence-corrected chi connectivity index (χ0v) is 15.0. The van der Waals surface area contributed by atoms with E-state index in [9.17, 15) is 9.59 Å². The van der Waals surface area contributed by atoms with Gasteiger partial charge in [-0.2, -0.15) is 0 Å². The first-order valence-electron chi connectivity index (χ1n) is 7.55. The van der Waals surface area contributed by atoms with E-state index in [0.717, 1.165) is 15.6 Å². The van der Waals surface area contributed by atoms with Gasteiger partial charge in [-0.1, -0.05) is 28.9 Å². The van der Waals surface area contributed by atoms with Crippen molar-refractivity contribution in [3.05, 3.63) is 33.8 Å². The van der Waals surface area contributed by atoms with Gasteiger partial charge in [-0.25, -0.2) is 0 Å². The maximum atomic E-state index is 12.8. The summed E-state index contributed by atoms with van der Waals surface area (Å²) in [6.45, 7) is 7.97. The summed E-state index contributed by atoms with van der Waals surface area (Å²) in [7, 11) is 0. The lowest BCUT2D eigenvalue weighted by Gasteiger charge is -2.44. The molecule has 1 N–H and O–H groups in total. The fraction of sp³-hybridized carbons (Fsp3) is 0.529. The third-order valence-electron chi connectivity index (χ3n) is 4.39. The molecule has 0 saturated heterocycles. The standard InChI is InChI=1S/C17H22BrNO3/c1-5-17(10-14(20)22-6-2)13-9-11(18)7-8-12(13)16(3,4)19-15(17)21/h7-9H,5-6,10H2,1-4H3,(H,19,21). The Morgan fingerprint density at radius 3 is 2.55 bits per heavy atom. The highest BCUT2D eigenvalue weighted by Crippen LogP contribution is 2.43. The average molecular weight is 368 g/mol. The van der Waals surface area contributed by atoms with E-state index >= 15 is 0 Å². The minimum atomic E-state index is -0.874. The molecule has 0 spiro atoms. The zero-order chi connectivity index (χ0) is 16.5. The second-order valence-corrected chi connectivity index (χ2v) is 7.10. The van der Waals surface area contributed by atoms with Crippen LogP contribution >= 0.6 is 15.9 Å².